The van der Waals surface area contributed by atoms with E-state index >= 15 is 0 Å². The van der Waals surface area contributed by atoms with E-state index in [4.69, 9.17) is 18.9 Å². The van der Waals surface area contributed by atoms with Gasteiger partial charge in [-0.05, 0) is 47.8 Å². The molecular formula is C22H27NO6. The molecule has 1 amide bonds. The Labute approximate surface area is 170 Å². The minimum absolute atomic E-state index is 0.137. The van der Waals surface area contributed by atoms with Gasteiger partial charge < -0.3 is 29.4 Å². The zero-order valence-electron chi connectivity index (χ0n) is 17.4. The van der Waals surface area contributed by atoms with Gasteiger partial charge in [0, 0.05) is 12.5 Å². The molecule has 29 heavy (non-hydrogen) atoms. The van der Waals surface area contributed by atoms with Gasteiger partial charge in [-0.2, -0.15) is 0 Å². The van der Waals surface area contributed by atoms with Crippen molar-refractivity contribution in [2.24, 2.45) is 0 Å². The summed E-state index contributed by atoms with van der Waals surface area (Å²) in [6.45, 7) is 1.49. The molecular weight excluding hydrogens is 374 g/mol. The number of benzene rings is 1. The van der Waals surface area contributed by atoms with Crippen molar-refractivity contribution in [3.8, 4) is 17.2 Å². The molecule has 2 N–H and O–H groups in total. The Balaban J connectivity index is 2.31. The molecule has 0 bridgehead atoms. The number of aliphatic hydroxyl groups is 1. The standard InChI is InChI=1S/C22H27NO6/c1-12(24)23-16-8-6-13-10-19(27-3)21(28-4)22(29-5)20(13)14-7-9-18(26-2)17(25)11-15(14)16/h7,9-11,16-17,25H,6,8H2,1-5H3,(H,23,24)/t16-,17?/m0/s1. The lowest BCUT2D eigenvalue weighted by Crippen LogP contribution is -2.35. The number of nitrogens with one attached hydrogen (secondary N) is 1. The number of amides is 1. The van der Waals surface area contributed by atoms with Crippen LogP contribution in [0.5, 0.6) is 17.2 Å². The molecule has 2 aliphatic rings. The highest BCUT2D eigenvalue weighted by atomic mass is 16.5. The molecule has 0 spiro atoms. The number of carbonyl (C=O) groups excluding carboxylic acids is 1. The van der Waals surface area contributed by atoms with E-state index in [9.17, 15) is 9.90 Å². The molecule has 1 aromatic rings. The van der Waals surface area contributed by atoms with Crippen LogP contribution in [0, 0.1) is 0 Å². The van der Waals surface area contributed by atoms with Crippen molar-refractivity contribution in [3.63, 3.8) is 0 Å². The van der Waals surface area contributed by atoms with Crippen LogP contribution in [0.15, 0.2) is 35.6 Å². The molecule has 7 heteroatoms. The summed E-state index contributed by atoms with van der Waals surface area (Å²) >= 11 is 0. The Bertz CT molecular complexity index is 899. The van der Waals surface area contributed by atoms with Gasteiger partial charge in [0.15, 0.2) is 11.5 Å². The predicted octanol–water partition coefficient (Wildman–Crippen LogP) is 2.38. The number of allylic oxidation sites excluding steroid dienone is 2. The minimum Gasteiger partial charge on any atom is -0.498 e. The van der Waals surface area contributed by atoms with E-state index in [1.165, 1.54) is 14.0 Å². The number of methoxy groups -OCH3 is 4. The van der Waals surface area contributed by atoms with E-state index in [-0.39, 0.29) is 11.9 Å². The molecule has 7 nitrogen and oxygen atoms in total. The first kappa shape index (κ1) is 20.8. The SMILES string of the molecule is COC1=CC=C2C(=CC1O)[C@@H](NC(C)=O)CCc1cc(OC)c(OC)c(OC)c12. The zero-order chi connectivity index (χ0) is 21.1. The van der Waals surface area contributed by atoms with Crippen LogP contribution in [-0.2, 0) is 16.0 Å². The smallest absolute Gasteiger partial charge is 0.217 e. The highest BCUT2D eigenvalue weighted by Crippen LogP contribution is 2.49. The number of hydrogen-bond donors (Lipinski definition) is 2. The van der Waals surface area contributed by atoms with E-state index in [0.717, 1.165) is 22.3 Å². The zero-order valence-corrected chi connectivity index (χ0v) is 17.4. The van der Waals surface area contributed by atoms with Crippen LogP contribution in [0.4, 0.5) is 0 Å². The van der Waals surface area contributed by atoms with Crippen LogP contribution in [0.25, 0.3) is 5.57 Å². The molecule has 0 aliphatic heterocycles. The Morgan fingerprint density at radius 1 is 1.07 bits per heavy atom. The second kappa shape index (κ2) is 8.61. The molecule has 0 fully saturated rings. The predicted molar refractivity (Wildman–Crippen MR) is 109 cm³/mol. The molecule has 2 aliphatic carbocycles. The molecule has 0 aromatic heterocycles. The number of aliphatic hydroxyl groups excluding tert-OH is 1. The van der Waals surface area contributed by atoms with Crippen LogP contribution in [-0.4, -0.2) is 51.6 Å². The third kappa shape index (κ3) is 3.82. The van der Waals surface area contributed by atoms with Crippen molar-refractivity contribution in [2.45, 2.75) is 31.9 Å². The van der Waals surface area contributed by atoms with Gasteiger partial charge in [-0.25, -0.2) is 0 Å². The lowest BCUT2D eigenvalue weighted by molar-refractivity contribution is -0.119. The van der Waals surface area contributed by atoms with Crippen LogP contribution in [0.3, 0.4) is 0 Å². The lowest BCUT2D eigenvalue weighted by Gasteiger charge is -2.23. The van der Waals surface area contributed by atoms with E-state index < -0.39 is 6.10 Å². The maximum absolute atomic E-state index is 11.9. The van der Waals surface area contributed by atoms with Crippen molar-refractivity contribution in [1.29, 1.82) is 0 Å². The number of carbonyl (C=O) groups is 1. The van der Waals surface area contributed by atoms with Gasteiger partial charge in [-0.1, -0.05) is 6.08 Å². The first-order chi connectivity index (χ1) is 13.9. The Morgan fingerprint density at radius 2 is 1.79 bits per heavy atom. The second-order valence-electron chi connectivity index (χ2n) is 6.89. The maximum Gasteiger partial charge on any atom is 0.217 e. The summed E-state index contributed by atoms with van der Waals surface area (Å²) < 4.78 is 22.1. The van der Waals surface area contributed by atoms with Crippen LogP contribution >= 0.6 is 0 Å². The Morgan fingerprint density at radius 3 is 2.38 bits per heavy atom. The van der Waals surface area contributed by atoms with Crippen LogP contribution in [0.2, 0.25) is 0 Å². The summed E-state index contributed by atoms with van der Waals surface area (Å²) in [5.74, 6) is 1.90. The molecule has 0 radical (unpaired) electrons. The summed E-state index contributed by atoms with van der Waals surface area (Å²) in [5, 5.41) is 13.6. The van der Waals surface area contributed by atoms with E-state index in [1.807, 2.05) is 12.1 Å². The summed E-state index contributed by atoms with van der Waals surface area (Å²) in [4.78, 5) is 11.9. The van der Waals surface area contributed by atoms with Crippen LogP contribution < -0.4 is 19.5 Å². The minimum atomic E-state index is -0.923. The third-order valence-corrected chi connectivity index (χ3v) is 5.23. The van der Waals surface area contributed by atoms with Gasteiger partial charge in [0.2, 0.25) is 11.7 Å². The average molecular weight is 401 g/mol. The summed E-state index contributed by atoms with van der Waals surface area (Å²) in [6, 6.07) is 1.67. The fraction of sp³-hybridized carbons (Fsp3) is 0.409. The molecule has 0 saturated heterocycles. The summed E-state index contributed by atoms with van der Waals surface area (Å²) in [6.07, 6.45) is 5.76. The monoisotopic (exact) mass is 401 g/mol. The summed E-state index contributed by atoms with van der Waals surface area (Å²) in [5.41, 5.74) is 3.50. The normalized spacial score (nSPS) is 20.6. The van der Waals surface area contributed by atoms with Gasteiger partial charge in [0.1, 0.15) is 11.9 Å². The molecule has 156 valence electrons. The number of ether oxygens (including phenoxy) is 4. The molecule has 1 unspecified atom stereocenters. The van der Waals surface area contributed by atoms with Crippen LogP contribution in [0.1, 0.15) is 24.5 Å². The number of aryl methyl sites for hydroxylation is 1. The number of hydrogen-bond acceptors (Lipinski definition) is 6. The van der Waals surface area contributed by atoms with E-state index in [2.05, 4.69) is 5.32 Å². The third-order valence-electron chi connectivity index (χ3n) is 5.23. The number of rotatable bonds is 5. The van der Waals surface area contributed by atoms with Gasteiger partial charge >= 0.3 is 0 Å². The molecule has 1 aromatic carbocycles. The highest BCUT2D eigenvalue weighted by Gasteiger charge is 2.32. The van der Waals surface area contributed by atoms with Crippen molar-refractivity contribution >= 4 is 11.5 Å². The molecule has 0 saturated carbocycles. The van der Waals surface area contributed by atoms with Gasteiger partial charge in [-0.3, -0.25) is 4.79 Å². The molecule has 0 heterocycles. The van der Waals surface area contributed by atoms with Gasteiger partial charge in [-0.15, -0.1) is 0 Å². The summed E-state index contributed by atoms with van der Waals surface area (Å²) in [7, 11) is 6.25. The van der Waals surface area contributed by atoms with Crippen molar-refractivity contribution in [1.82, 2.24) is 5.32 Å². The first-order valence-electron chi connectivity index (χ1n) is 9.40. The fourth-order valence-electron chi connectivity index (χ4n) is 3.97. The second-order valence-corrected chi connectivity index (χ2v) is 6.89. The first-order valence-corrected chi connectivity index (χ1v) is 9.40. The number of fused-ring (bicyclic) bond motifs is 3. The lowest BCUT2D eigenvalue weighted by atomic mass is 9.91. The topological polar surface area (TPSA) is 86.3 Å². The van der Waals surface area contributed by atoms with Crippen molar-refractivity contribution in [2.75, 3.05) is 28.4 Å². The maximum atomic E-state index is 11.9. The Kier molecular flexibility index (Phi) is 6.17. The molecule has 2 atom stereocenters. The average Bonchev–Trinajstić information content (AvgIpc) is 2.95. The largest absolute Gasteiger partial charge is 0.498 e. The van der Waals surface area contributed by atoms with Gasteiger partial charge in [0.25, 0.3) is 0 Å². The van der Waals surface area contributed by atoms with E-state index in [0.29, 0.717) is 35.8 Å². The molecule has 3 rings (SSSR count). The quantitative estimate of drug-likeness (QED) is 0.788. The van der Waals surface area contributed by atoms with Crippen molar-refractivity contribution in [3.05, 3.63) is 46.8 Å². The fourth-order valence-corrected chi connectivity index (χ4v) is 3.97. The van der Waals surface area contributed by atoms with E-state index in [1.54, 1.807) is 33.5 Å². The Hall–Kier alpha value is -2.93. The van der Waals surface area contributed by atoms with Crippen molar-refractivity contribution < 1.29 is 28.8 Å². The highest BCUT2D eigenvalue weighted by molar-refractivity contribution is 5.90. The van der Waals surface area contributed by atoms with Gasteiger partial charge in [0.05, 0.1) is 34.5 Å².